The van der Waals surface area contributed by atoms with Crippen molar-refractivity contribution >= 4 is 5.97 Å². The van der Waals surface area contributed by atoms with Gasteiger partial charge in [-0.1, -0.05) is 49.2 Å². The van der Waals surface area contributed by atoms with Gasteiger partial charge in [0.15, 0.2) is 0 Å². The molecule has 0 heterocycles. The number of carbonyl (C=O) groups is 1. The lowest BCUT2D eigenvalue weighted by molar-refractivity contribution is 0.0733. The summed E-state index contributed by atoms with van der Waals surface area (Å²) in [4.78, 5) is 12.5. The Hall–Kier alpha value is -3.07. The molecule has 0 amide bonds. The van der Waals surface area contributed by atoms with Gasteiger partial charge >= 0.3 is 5.97 Å². The molecule has 0 N–H and O–H groups in total. The first-order valence-corrected chi connectivity index (χ1v) is 9.69. The standard InChI is InChI=1S/C25H26O3/c1-4-5-16-27-23-13-10-21(11-14-23)25(26)28-24-15-12-22(17-19(24)3)20-8-6-18(2)7-9-20/h6-15,17H,4-5,16H2,1-3H3. The molecule has 0 atom stereocenters. The molecule has 0 bridgehead atoms. The summed E-state index contributed by atoms with van der Waals surface area (Å²) in [5.74, 6) is 0.971. The van der Waals surface area contributed by atoms with Crippen molar-refractivity contribution in [3.63, 3.8) is 0 Å². The number of carbonyl (C=O) groups excluding carboxylic acids is 1. The quantitative estimate of drug-likeness (QED) is 0.274. The minimum absolute atomic E-state index is 0.369. The zero-order valence-corrected chi connectivity index (χ0v) is 16.7. The molecule has 3 aromatic rings. The molecule has 0 unspecified atom stereocenters. The van der Waals surface area contributed by atoms with Crippen molar-refractivity contribution in [3.8, 4) is 22.6 Å². The van der Waals surface area contributed by atoms with E-state index >= 15 is 0 Å². The van der Waals surface area contributed by atoms with E-state index in [1.54, 1.807) is 24.3 Å². The number of aryl methyl sites for hydroxylation is 2. The first-order valence-electron chi connectivity index (χ1n) is 9.69. The van der Waals surface area contributed by atoms with Gasteiger partial charge in [-0.25, -0.2) is 4.79 Å². The number of hydrogen-bond acceptors (Lipinski definition) is 3. The molecule has 0 spiro atoms. The number of rotatable bonds is 7. The Morgan fingerprint density at radius 1 is 0.857 bits per heavy atom. The van der Waals surface area contributed by atoms with Gasteiger partial charge in [0.05, 0.1) is 12.2 Å². The van der Waals surface area contributed by atoms with Crippen molar-refractivity contribution in [2.75, 3.05) is 6.61 Å². The topological polar surface area (TPSA) is 35.5 Å². The maximum atomic E-state index is 12.5. The van der Waals surface area contributed by atoms with E-state index in [-0.39, 0.29) is 5.97 Å². The average Bonchev–Trinajstić information content (AvgIpc) is 2.71. The second kappa shape index (κ2) is 9.23. The van der Waals surface area contributed by atoms with E-state index in [2.05, 4.69) is 38.1 Å². The molecule has 0 aliphatic heterocycles. The lowest BCUT2D eigenvalue weighted by Crippen LogP contribution is -2.09. The summed E-state index contributed by atoms with van der Waals surface area (Å²) in [6.45, 7) is 6.83. The first-order chi connectivity index (χ1) is 13.6. The van der Waals surface area contributed by atoms with Crippen LogP contribution in [0.4, 0.5) is 0 Å². The van der Waals surface area contributed by atoms with E-state index in [9.17, 15) is 4.79 Å². The van der Waals surface area contributed by atoms with Crippen LogP contribution in [0, 0.1) is 13.8 Å². The molecule has 0 fully saturated rings. The normalized spacial score (nSPS) is 10.5. The number of ether oxygens (including phenoxy) is 2. The van der Waals surface area contributed by atoms with Crippen LogP contribution in [-0.2, 0) is 0 Å². The van der Waals surface area contributed by atoms with Crippen molar-refractivity contribution in [2.45, 2.75) is 33.6 Å². The van der Waals surface area contributed by atoms with Gasteiger partial charge in [0, 0.05) is 0 Å². The largest absolute Gasteiger partial charge is 0.494 e. The average molecular weight is 374 g/mol. The maximum Gasteiger partial charge on any atom is 0.343 e. The Morgan fingerprint density at radius 3 is 2.18 bits per heavy atom. The second-order valence-corrected chi connectivity index (χ2v) is 6.96. The van der Waals surface area contributed by atoms with Gasteiger partial charge in [-0.2, -0.15) is 0 Å². The lowest BCUT2D eigenvalue weighted by Gasteiger charge is -2.10. The van der Waals surface area contributed by atoms with Crippen molar-refractivity contribution in [1.82, 2.24) is 0 Å². The summed E-state index contributed by atoms with van der Waals surface area (Å²) in [5, 5.41) is 0. The van der Waals surface area contributed by atoms with Crippen molar-refractivity contribution in [2.24, 2.45) is 0 Å². The van der Waals surface area contributed by atoms with Crippen molar-refractivity contribution < 1.29 is 14.3 Å². The second-order valence-electron chi connectivity index (χ2n) is 6.96. The summed E-state index contributed by atoms with van der Waals surface area (Å²) in [6, 6.07) is 21.3. The minimum atomic E-state index is -0.369. The Bertz CT molecular complexity index is 925. The van der Waals surface area contributed by atoms with E-state index in [4.69, 9.17) is 9.47 Å². The highest BCUT2D eigenvalue weighted by atomic mass is 16.5. The molecule has 28 heavy (non-hydrogen) atoms. The fraction of sp³-hybridized carbons (Fsp3) is 0.240. The molecule has 3 heteroatoms. The fourth-order valence-electron chi connectivity index (χ4n) is 2.87. The van der Waals surface area contributed by atoms with Crippen molar-refractivity contribution in [3.05, 3.63) is 83.4 Å². The molecule has 0 aliphatic rings. The Labute approximate surface area is 166 Å². The van der Waals surface area contributed by atoms with Gasteiger partial charge in [0.25, 0.3) is 0 Å². The summed E-state index contributed by atoms with van der Waals surface area (Å²) in [6.07, 6.45) is 2.11. The summed E-state index contributed by atoms with van der Waals surface area (Å²) < 4.78 is 11.2. The summed E-state index contributed by atoms with van der Waals surface area (Å²) >= 11 is 0. The summed E-state index contributed by atoms with van der Waals surface area (Å²) in [7, 11) is 0. The zero-order chi connectivity index (χ0) is 19.9. The van der Waals surface area contributed by atoms with Crippen LogP contribution in [0.5, 0.6) is 11.5 Å². The molecule has 0 aromatic heterocycles. The van der Waals surface area contributed by atoms with E-state index in [1.807, 2.05) is 25.1 Å². The Balaban J connectivity index is 1.67. The molecule has 3 nitrogen and oxygen atoms in total. The molecule has 144 valence electrons. The molecule has 0 radical (unpaired) electrons. The van der Waals surface area contributed by atoms with Crippen LogP contribution in [0.2, 0.25) is 0 Å². The molecule has 0 saturated heterocycles. The molecular formula is C25H26O3. The van der Waals surface area contributed by atoms with Gasteiger partial charge < -0.3 is 9.47 Å². The molecule has 0 aliphatic carbocycles. The van der Waals surface area contributed by atoms with Crippen LogP contribution in [0.15, 0.2) is 66.7 Å². The Kier molecular flexibility index (Phi) is 6.49. The monoisotopic (exact) mass is 374 g/mol. The van der Waals surface area contributed by atoms with Gasteiger partial charge in [0.2, 0.25) is 0 Å². The number of benzene rings is 3. The van der Waals surface area contributed by atoms with Crippen LogP contribution in [0.3, 0.4) is 0 Å². The Morgan fingerprint density at radius 2 is 1.54 bits per heavy atom. The smallest absolute Gasteiger partial charge is 0.343 e. The van der Waals surface area contributed by atoms with Crippen LogP contribution in [0.25, 0.3) is 11.1 Å². The van der Waals surface area contributed by atoms with Crippen molar-refractivity contribution in [1.29, 1.82) is 0 Å². The first kappa shape index (κ1) is 19.7. The molecular weight excluding hydrogens is 348 g/mol. The van der Waals surface area contributed by atoms with Crippen LogP contribution >= 0.6 is 0 Å². The predicted octanol–water partition coefficient (Wildman–Crippen LogP) is 6.37. The zero-order valence-electron chi connectivity index (χ0n) is 16.7. The van der Waals surface area contributed by atoms with Gasteiger partial charge in [-0.05, 0) is 73.4 Å². The van der Waals surface area contributed by atoms with Crippen LogP contribution in [0.1, 0.15) is 41.3 Å². The van der Waals surface area contributed by atoms with Gasteiger partial charge in [-0.15, -0.1) is 0 Å². The van der Waals surface area contributed by atoms with E-state index in [1.165, 1.54) is 5.56 Å². The van der Waals surface area contributed by atoms with Gasteiger partial charge in [-0.3, -0.25) is 0 Å². The summed E-state index contributed by atoms with van der Waals surface area (Å²) in [5.41, 5.74) is 4.90. The number of hydrogen-bond donors (Lipinski definition) is 0. The third kappa shape index (κ3) is 5.01. The third-order valence-corrected chi connectivity index (χ3v) is 4.62. The van der Waals surface area contributed by atoms with E-state index in [0.29, 0.717) is 17.9 Å². The van der Waals surface area contributed by atoms with Crippen LogP contribution < -0.4 is 9.47 Å². The van der Waals surface area contributed by atoms with E-state index < -0.39 is 0 Å². The predicted molar refractivity (Wildman–Crippen MR) is 113 cm³/mol. The molecule has 0 saturated carbocycles. The molecule has 3 aromatic carbocycles. The molecule has 3 rings (SSSR count). The highest BCUT2D eigenvalue weighted by Crippen LogP contribution is 2.27. The minimum Gasteiger partial charge on any atom is -0.494 e. The third-order valence-electron chi connectivity index (χ3n) is 4.62. The van der Waals surface area contributed by atoms with E-state index in [0.717, 1.165) is 35.3 Å². The SMILES string of the molecule is CCCCOc1ccc(C(=O)Oc2ccc(-c3ccc(C)cc3)cc2C)cc1. The highest BCUT2D eigenvalue weighted by molar-refractivity contribution is 5.91. The fourth-order valence-corrected chi connectivity index (χ4v) is 2.87. The lowest BCUT2D eigenvalue weighted by atomic mass is 10.0. The van der Waals surface area contributed by atoms with Crippen LogP contribution in [-0.4, -0.2) is 12.6 Å². The van der Waals surface area contributed by atoms with Gasteiger partial charge in [0.1, 0.15) is 11.5 Å². The highest BCUT2D eigenvalue weighted by Gasteiger charge is 2.11. The maximum absolute atomic E-state index is 12.5. The number of esters is 1. The number of unbranched alkanes of at least 4 members (excludes halogenated alkanes) is 1.